The number of fused-ring (bicyclic) bond motifs is 2. The van der Waals surface area contributed by atoms with Crippen LogP contribution in [0.2, 0.25) is 0 Å². The number of nitrogens with one attached hydrogen (secondary N) is 1. The maximum Gasteiger partial charge on any atom is 0.290 e. The van der Waals surface area contributed by atoms with Gasteiger partial charge in [0, 0.05) is 29.7 Å². The largest absolute Gasteiger partial charge is 0.389 e. The van der Waals surface area contributed by atoms with E-state index in [0.29, 0.717) is 29.5 Å². The summed E-state index contributed by atoms with van der Waals surface area (Å²) in [7, 11) is -3.52. The van der Waals surface area contributed by atoms with E-state index in [-0.39, 0.29) is 48.3 Å². The van der Waals surface area contributed by atoms with Crippen molar-refractivity contribution in [3.8, 4) is 11.3 Å². The number of sulfonamides is 1. The number of alkyl halides is 2. The van der Waals surface area contributed by atoms with Crippen molar-refractivity contribution >= 4 is 16.0 Å². The van der Waals surface area contributed by atoms with E-state index in [9.17, 15) is 22.3 Å². The van der Waals surface area contributed by atoms with Crippen molar-refractivity contribution in [1.29, 1.82) is 0 Å². The molecule has 0 bridgehead atoms. The van der Waals surface area contributed by atoms with Gasteiger partial charge in [-0.05, 0) is 43.9 Å². The lowest BCUT2D eigenvalue weighted by atomic mass is 9.98. The summed E-state index contributed by atoms with van der Waals surface area (Å²) in [6.07, 6.45) is 0.993. The number of benzene rings is 1. The smallest absolute Gasteiger partial charge is 0.290 e. The standard InChI is InChI=1S/C21H23F3N4O3S/c1-10-16(29)9-28(10)20-25-18(13-5-6-21(23,24)19(13)26-20)12-7-11-3-4-15(27-32(2,30)31)17(11)14(22)8-12/h7-8,10,15-16,27,29H,3-6,9H2,1-2H3/t10-,15+,16+/m0/s1. The molecule has 1 aliphatic heterocycles. The molecule has 32 heavy (non-hydrogen) atoms. The fourth-order valence-corrected chi connectivity index (χ4v) is 5.61. The second kappa shape index (κ2) is 7.13. The Labute approximate surface area is 183 Å². The Balaban J connectivity index is 1.61. The van der Waals surface area contributed by atoms with Crippen LogP contribution in [0, 0.1) is 5.82 Å². The fourth-order valence-electron chi connectivity index (χ4n) is 4.86. The zero-order valence-electron chi connectivity index (χ0n) is 17.6. The van der Waals surface area contributed by atoms with Crippen LogP contribution in [0.15, 0.2) is 12.1 Å². The molecule has 2 heterocycles. The molecule has 0 unspecified atom stereocenters. The van der Waals surface area contributed by atoms with Gasteiger partial charge in [-0.25, -0.2) is 27.5 Å². The summed E-state index contributed by atoms with van der Waals surface area (Å²) in [6, 6.07) is 1.97. The van der Waals surface area contributed by atoms with E-state index in [1.165, 1.54) is 6.07 Å². The lowest BCUT2D eigenvalue weighted by Gasteiger charge is -2.43. The zero-order chi connectivity index (χ0) is 23.0. The first-order chi connectivity index (χ1) is 14.9. The van der Waals surface area contributed by atoms with Gasteiger partial charge in [-0.15, -0.1) is 0 Å². The highest BCUT2D eigenvalue weighted by molar-refractivity contribution is 7.88. The Hall–Kier alpha value is -2.24. The molecule has 11 heteroatoms. The van der Waals surface area contributed by atoms with Crippen molar-refractivity contribution in [1.82, 2.24) is 14.7 Å². The van der Waals surface area contributed by atoms with E-state index < -0.39 is 33.9 Å². The summed E-state index contributed by atoms with van der Waals surface area (Å²) >= 11 is 0. The van der Waals surface area contributed by atoms with E-state index in [4.69, 9.17) is 0 Å². The van der Waals surface area contributed by atoms with E-state index in [1.54, 1.807) is 17.9 Å². The molecule has 172 valence electrons. The Morgan fingerprint density at radius 1 is 1.25 bits per heavy atom. The second-order valence-corrected chi connectivity index (χ2v) is 10.7. The number of aliphatic hydroxyl groups excluding tert-OH is 1. The molecule has 1 saturated heterocycles. The number of aromatic nitrogens is 2. The van der Waals surface area contributed by atoms with Gasteiger partial charge in [-0.2, -0.15) is 8.78 Å². The van der Waals surface area contributed by atoms with Crippen LogP contribution in [-0.4, -0.2) is 48.4 Å². The van der Waals surface area contributed by atoms with E-state index in [1.807, 2.05) is 0 Å². The summed E-state index contributed by atoms with van der Waals surface area (Å²) in [6.45, 7) is 1.99. The molecule has 3 aliphatic rings. The van der Waals surface area contributed by atoms with Gasteiger partial charge in [0.1, 0.15) is 11.5 Å². The third-order valence-electron chi connectivity index (χ3n) is 6.62. The molecule has 0 spiro atoms. The normalized spacial score (nSPS) is 26.1. The van der Waals surface area contributed by atoms with Gasteiger partial charge in [-0.1, -0.05) is 0 Å². The molecule has 2 aliphatic carbocycles. The summed E-state index contributed by atoms with van der Waals surface area (Å²) < 4.78 is 70.0. The number of aliphatic hydroxyl groups is 1. The van der Waals surface area contributed by atoms with E-state index in [0.717, 1.165) is 6.26 Å². The molecule has 3 atom stereocenters. The summed E-state index contributed by atoms with van der Waals surface area (Å²) in [5, 5.41) is 9.83. The van der Waals surface area contributed by atoms with Crippen LogP contribution < -0.4 is 9.62 Å². The second-order valence-electron chi connectivity index (χ2n) is 8.88. The maximum atomic E-state index is 15.1. The van der Waals surface area contributed by atoms with Crippen molar-refractivity contribution < 1.29 is 26.7 Å². The van der Waals surface area contributed by atoms with E-state index in [2.05, 4.69) is 14.7 Å². The first kappa shape index (κ1) is 21.6. The van der Waals surface area contributed by atoms with Crippen LogP contribution in [0.3, 0.4) is 0 Å². The SMILES string of the molecule is C[C@H]1[C@H](O)CN1c1nc(-c2cc(F)c3c(c2)CC[C@H]3NS(C)(=O)=O)c2c(n1)C(F)(F)CC2. The van der Waals surface area contributed by atoms with Gasteiger partial charge < -0.3 is 10.0 Å². The van der Waals surface area contributed by atoms with Gasteiger partial charge >= 0.3 is 0 Å². The maximum absolute atomic E-state index is 15.1. The number of rotatable bonds is 4. The topological polar surface area (TPSA) is 95.4 Å². The van der Waals surface area contributed by atoms with Crippen molar-refractivity contribution in [2.75, 3.05) is 17.7 Å². The van der Waals surface area contributed by atoms with Gasteiger partial charge in [0.2, 0.25) is 16.0 Å². The van der Waals surface area contributed by atoms with Crippen molar-refractivity contribution in [2.24, 2.45) is 0 Å². The first-order valence-corrected chi connectivity index (χ1v) is 12.4. The number of aryl methyl sites for hydroxylation is 1. The highest BCUT2D eigenvalue weighted by Gasteiger charge is 2.45. The highest BCUT2D eigenvalue weighted by atomic mass is 32.2. The Bertz CT molecular complexity index is 1220. The Kier molecular flexibility index (Phi) is 4.81. The molecule has 7 nitrogen and oxygen atoms in total. The van der Waals surface area contributed by atoms with Crippen LogP contribution >= 0.6 is 0 Å². The lowest BCUT2D eigenvalue weighted by molar-refractivity contribution is -0.00603. The monoisotopic (exact) mass is 468 g/mol. The zero-order valence-corrected chi connectivity index (χ0v) is 18.4. The molecule has 1 fully saturated rings. The minimum absolute atomic E-state index is 0.0765. The molecule has 1 aromatic heterocycles. The fraction of sp³-hybridized carbons (Fsp3) is 0.524. The van der Waals surface area contributed by atoms with Gasteiger partial charge in [0.15, 0.2) is 0 Å². The average Bonchev–Trinajstić information content (AvgIpc) is 3.24. The molecule has 0 amide bonds. The minimum atomic E-state index is -3.52. The molecule has 1 aromatic carbocycles. The highest BCUT2D eigenvalue weighted by Crippen LogP contribution is 2.46. The van der Waals surface area contributed by atoms with Crippen molar-refractivity contribution in [2.45, 2.75) is 56.7 Å². The predicted molar refractivity (Wildman–Crippen MR) is 111 cm³/mol. The molecular formula is C21H23F3N4O3S. The molecule has 2 aromatic rings. The van der Waals surface area contributed by atoms with Crippen LogP contribution in [0.25, 0.3) is 11.3 Å². The Morgan fingerprint density at radius 2 is 2.00 bits per heavy atom. The summed E-state index contributed by atoms with van der Waals surface area (Å²) in [5.41, 5.74) is 1.51. The number of hydrogen-bond donors (Lipinski definition) is 2. The number of halogens is 3. The summed E-state index contributed by atoms with van der Waals surface area (Å²) in [5.74, 6) is -3.60. The predicted octanol–water partition coefficient (Wildman–Crippen LogP) is 2.43. The van der Waals surface area contributed by atoms with E-state index >= 15 is 4.39 Å². The molecule has 0 radical (unpaired) electrons. The number of β-amino-alcohol motifs (C(OH)–C–C–N with tert-alkyl or cyclic N) is 1. The van der Waals surface area contributed by atoms with Crippen molar-refractivity contribution in [3.05, 3.63) is 40.3 Å². The van der Waals surface area contributed by atoms with Crippen LogP contribution in [-0.2, 0) is 28.8 Å². The average molecular weight is 469 g/mol. The summed E-state index contributed by atoms with van der Waals surface area (Å²) in [4.78, 5) is 10.3. The van der Waals surface area contributed by atoms with Crippen LogP contribution in [0.1, 0.15) is 48.2 Å². The lowest BCUT2D eigenvalue weighted by Crippen LogP contribution is -2.59. The molecule has 5 rings (SSSR count). The Morgan fingerprint density at radius 3 is 2.66 bits per heavy atom. The minimum Gasteiger partial charge on any atom is -0.389 e. The van der Waals surface area contributed by atoms with Gasteiger partial charge in [-0.3, -0.25) is 0 Å². The van der Waals surface area contributed by atoms with Gasteiger partial charge in [0.25, 0.3) is 5.92 Å². The third kappa shape index (κ3) is 3.46. The number of hydrogen-bond acceptors (Lipinski definition) is 6. The molecular weight excluding hydrogens is 445 g/mol. The van der Waals surface area contributed by atoms with Crippen LogP contribution in [0.4, 0.5) is 19.1 Å². The number of nitrogens with zero attached hydrogens (tertiary/aromatic N) is 3. The molecule has 0 saturated carbocycles. The van der Waals surface area contributed by atoms with Crippen LogP contribution in [0.5, 0.6) is 0 Å². The quantitative estimate of drug-likeness (QED) is 0.716. The number of anilines is 1. The first-order valence-electron chi connectivity index (χ1n) is 10.5. The van der Waals surface area contributed by atoms with Gasteiger partial charge in [0.05, 0.1) is 30.1 Å². The molecule has 2 N–H and O–H groups in total. The van der Waals surface area contributed by atoms with Crippen molar-refractivity contribution in [3.63, 3.8) is 0 Å². The third-order valence-corrected chi connectivity index (χ3v) is 7.33.